The van der Waals surface area contributed by atoms with Gasteiger partial charge in [0.2, 0.25) is 0 Å². The maximum absolute atomic E-state index is 13.6. The zero-order valence-electron chi connectivity index (χ0n) is 17.0. The number of nitrogens with zero attached hydrogens (tertiary/aromatic N) is 4. The first kappa shape index (κ1) is 20.9. The largest absolute Gasteiger partial charge is 0.437 e. The summed E-state index contributed by atoms with van der Waals surface area (Å²) < 4.78 is 40.9. The zero-order chi connectivity index (χ0) is 22.0. The number of piperazine rings is 1. The number of alkyl halides is 3. The Hall–Kier alpha value is -3.36. The van der Waals surface area contributed by atoms with Crippen molar-refractivity contribution >= 4 is 28.6 Å². The van der Waals surface area contributed by atoms with Crippen LogP contribution >= 0.6 is 0 Å². The van der Waals surface area contributed by atoms with E-state index in [-0.39, 0.29) is 43.5 Å². The van der Waals surface area contributed by atoms with Crippen LogP contribution in [0, 0.1) is 0 Å². The molecular weight excluding hydrogens is 407 g/mol. The molecule has 2 aromatic carbocycles. The number of para-hydroxylation sites is 2. The summed E-state index contributed by atoms with van der Waals surface area (Å²) in [5.41, 5.74) is 1.46. The lowest BCUT2D eigenvalue weighted by molar-refractivity contribution is -0.140. The molecule has 9 heteroatoms. The molecule has 2 amide bonds. The number of carbonyl (C=O) groups is 1. The molecule has 0 spiro atoms. The van der Waals surface area contributed by atoms with Crippen LogP contribution in [0.1, 0.15) is 18.2 Å². The van der Waals surface area contributed by atoms with Crippen LogP contribution in [-0.2, 0) is 12.6 Å². The molecule has 0 radical (unpaired) electrons. The molecule has 0 bridgehead atoms. The fraction of sp³-hybridized carbons (Fsp3) is 0.318. The average molecular weight is 429 g/mol. The molecule has 6 nitrogen and oxygen atoms in total. The lowest BCUT2D eigenvalue weighted by atomic mass is 10.1. The van der Waals surface area contributed by atoms with E-state index in [9.17, 15) is 18.0 Å². The van der Waals surface area contributed by atoms with Crippen LogP contribution in [0.15, 0.2) is 48.5 Å². The third kappa shape index (κ3) is 4.55. The summed E-state index contributed by atoms with van der Waals surface area (Å²) in [4.78, 5) is 23.8. The third-order valence-electron chi connectivity index (χ3n) is 5.30. The Bertz CT molecular complexity index is 1080. The highest BCUT2D eigenvalue weighted by atomic mass is 19.4. The zero-order valence-corrected chi connectivity index (χ0v) is 17.0. The number of hydrogen-bond acceptors (Lipinski definition) is 4. The second-order valence-corrected chi connectivity index (χ2v) is 7.34. The Morgan fingerprint density at radius 1 is 0.968 bits per heavy atom. The highest BCUT2D eigenvalue weighted by Gasteiger charge is 2.39. The summed E-state index contributed by atoms with van der Waals surface area (Å²) >= 11 is 0. The number of aromatic nitrogens is 2. The number of anilines is 2. The van der Waals surface area contributed by atoms with E-state index in [4.69, 9.17) is 0 Å². The standard InChI is InChI=1S/C22H22F3N5O/c1-2-15-7-9-16(10-8-15)26-21(31)30-13-11-29(12-14-30)20-19(22(23,24)25)27-17-5-3-4-6-18(17)28-20/h3-10H,2,11-14H2,1H3,(H,26,31). The number of benzene rings is 2. The molecule has 1 aromatic heterocycles. The van der Waals surface area contributed by atoms with E-state index in [2.05, 4.69) is 22.2 Å². The monoisotopic (exact) mass is 429 g/mol. The van der Waals surface area contributed by atoms with Crippen molar-refractivity contribution in [2.45, 2.75) is 19.5 Å². The maximum atomic E-state index is 13.6. The summed E-state index contributed by atoms with van der Waals surface area (Å²) in [5, 5.41) is 2.84. The number of halogens is 3. The number of hydrogen-bond donors (Lipinski definition) is 1. The van der Waals surface area contributed by atoms with Gasteiger partial charge in [-0.1, -0.05) is 31.2 Å². The number of aryl methyl sites for hydroxylation is 1. The SMILES string of the molecule is CCc1ccc(NC(=O)N2CCN(c3nc4ccccc4nc3C(F)(F)F)CC2)cc1. The first-order valence-corrected chi connectivity index (χ1v) is 10.1. The summed E-state index contributed by atoms with van der Waals surface area (Å²) in [7, 11) is 0. The van der Waals surface area contributed by atoms with Crippen molar-refractivity contribution < 1.29 is 18.0 Å². The van der Waals surface area contributed by atoms with Crippen LogP contribution in [0.4, 0.5) is 29.5 Å². The summed E-state index contributed by atoms with van der Waals surface area (Å²) in [6, 6.07) is 13.8. The summed E-state index contributed by atoms with van der Waals surface area (Å²) in [5.74, 6) is -0.193. The van der Waals surface area contributed by atoms with Crippen LogP contribution in [0.3, 0.4) is 0 Å². The average Bonchev–Trinajstić information content (AvgIpc) is 2.78. The maximum Gasteiger partial charge on any atom is 0.437 e. The van der Waals surface area contributed by atoms with Gasteiger partial charge in [-0.3, -0.25) is 0 Å². The number of nitrogens with one attached hydrogen (secondary N) is 1. The fourth-order valence-corrected chi connectivity index (χ4v) is 3.55. The quantitative estimate of drug-likeness (QED) is 0.663. The van der Waals surface area contributed by atoms with E-state index in [0.717, 1.165) is 6.42 Å². The number of fused-ring (bicyclic) bond motifs is 1. The van der Waals surface area contributed by atoms with Gasteiger partial charge in [0, 0.05) is 31.9 Å². The van der Waals surface area contributed by atoms with Crippen molar-refractivity contribution in [3.63, 3.8) is 0 Å². The van der Waals surface area contributed by atoms with E-state index in [1.54, 1.807) is 28.0 Å². The van der Waals surface area contributed by atoms with Crippen molar-refractivity contribution in [1.29, 1.82) is 0 Å². The molecule has 0 unspecified atom stereocenters. The van der Waals surface area contributed by atoms with Crippen molar-refractivity contribution in [2.24, 2.45) is 0 Å². The summed E-state index contributed by atoms with van der Waals surface area (Å²) in [6.45, 7) is 3.09. The molecule has 1 aliphatic rings. The molecular formula is C22H22F3N5O. The number of amides is 2. The van der Waals surface area contributed by atoms with Gasteiger partial charge in [-0.2, -0.15) is 13.2 Å². The van der Waals surface area contributed by atoms with Gasteiger partial charge in [-0.15, -0.1) is 0 Å². The first-order chi connectivity index (χ1) is 14.8. The van der Waals surface area contributed by atoms with Gasteiger partial charge in [0.15, 0.2) is 11.5 Å². The summed E-state index contributed by atoms with van der Waals surface area (Å²) in [6.07, 6.45) is -3.71. The van der Waals surface area contributed by atoms with Gasteiger partial charge in [0.05, 0.1) is 11.0 Å². The molecule has 31 heavy (non-hydrogen) atoms. The molecule has 162 valence electrons. The van der Waals surface area contributed by atoms with Crippen molar-refractivity contribution in [3.8, 4) is 0 Å². The topological polar surface area (TPSA) is 61.4 Å². The van der Waals surface area contributed by atoms with Gasteiger partial charge in [-0.25, -0.2) is 14.8 Å². The van der Waals surface area contributed by atoms with Crippen LogP contribution in [0.2, 0.25) is 0 Å². The van der Waals surface area contributed by atoms with E-state index in [1.807, 2.05) is 24.3 Å². The van der Waals surface area contributed by atoms with Crippen molar-refractivity contribution in [3.05, 3.63) is 59.8 Å². The predicted octanol–water partition coefficient (Wildman–Crippen LogP) is 4.57. The minimum atomic E-state index is -4.62. The minimum absolute atomic E-state index is 0.193. The predicted molar refractivity (Wildman–Crippen MR) is 113 cm³/mol. The van der Waals surface area contributed by atoms with Gasteiger partial charge in [0.25, 0.3) is 0 Å². The smallest absolute Gasteiger partial charge is 0.351 e. The Morgan fingerprint density at radius 3 is 2.16 bits per heavy atom. The molecule has 1 aliphatic heterocycles. The highest BCUT2D eigenvalue weighted by Crippen LogP contribution is 2.35. The van der Waals surface area contributed by atoms with Gasteiger partial charge in [-0.05, 0) is 36.2 Å². The highest BCUT2D eigenvalue weighted by molar-refractivity contribution is 5.89. The minimum Gasteiger partial charge on any atom is -0.351 e. The first-order valence-electron chi connectivity index (χ1n) is 10.1. The Kier molecular flexibility index (Phi) is 5.67. The fourth-order valence-electron chi connectivity index (χ4n) is 3.55. The van der Waals surface area contributed by atoms with E-state index >= 15 is 0 Å². The molecule has 1 fully saturated rings. The van der Waals surface area contributed by atoms with E-state index < -0.39 is 11.9 Å². The van der Waals surface area contributed by atoms with E-state index in [0.29, 0.717) is 11.2 Å². The molecule has 1 N–H and O–H groups in total. The molecule has 1 saturated heterocycles. The van der Waals surface area contributed by atoms with Crippen LogP contribution in [0.25, 0.3) is 11.0 Å². The lowest BCUT2D eigenvalue weighted by Crippen LogP contribution is -2.50. The Labute approximate surface area is 177 Å². The van der Waals surface area contributed by atoms with Gasteiger partial charge >= 0.3 is 12.2 Å². The second kappa shape index (κ2) is 8.41. The Balaban J connectivity index is 1.48. The van der Waals surface area contributed by atoms with Gasteiger partial charge < -0.3 is 15.1 Å². The number of carbonyl (C=O) groups excluding carboxylic acids is 1. The molecule has 4 rings (SSSR count). The lowest BCUT2D eigenvalue weighted by Gasteiger charge is -2.36. The molecule has 2 heterocycles. The van der Waals surface area contributed by atoms with Crippen LogP contribution in [-0.4, -0.2) is 47.1 Å². The number of urea groups is 1. The molecule has 0 saturated carbocycles. The third-order valence-corrected chi connectivity index (χ3v) is 5.30. The Morgan fingerprint density at radius 2 is 1.58 bits per heavy atom. The van der Waals surface area contributed by atoms with Crippen molar-refractivity contribution in [1.82, 2.24) is 14.9 Å². The normalized spacial score (nSPS) is 14.7. The van der Waals surface area contributed by atoms with Crippen LogP contribution < -0.4 is 10.2 Å². The van der Waals surface area contributed by atoms with Crippen LogP contribution in [0.5, 0.6) is 0 Å². The van der Waals surface area contributed by atoms with Crippen molar-refractivity contribution in [2.75, 3.05) is 36.4 Å². The molecule has 0 aliphatic carbocycles. The second-order valence-electron chi connectivity index (χ2n) is 7.34. The van der Waals surface area contributed by atoms with Gasteiger partial charge in [0.1, 0.15) is 0 Å². The molecule has 0 atom stereocenters. The van der Waals surface area contributed by atoms with E-state index in [1.165, 1.54) is 11.6 Å². The number of rotatable bonds is 3. The molecule has 3 aromatic rings.